The predicted molar refractivity (Wildman–Crippen MR) is 139 cm³/mol. The van der Waals surface area contributed by atoms with Crippen molar-refractivity contribution in [2.45, 2.75) is 100 Å². The first-order valence-electron chi connectivity index (χ1n) is 13.8. The second-order valence-electron chi connectivity index (χ2n) is 13.3. The van der Waals surface area contributed by atoms with E-state index in [0.717, 1.165) is 42.3 Å². The molecule has 8 rings (SSSR count). The number of nitrogens with one attached hydrogen (secondary N) is 1. The number of fused-ring (bicyclic) bond motifs is 1. The van der Waals surface area contributed by atoms with Crippen LogP contribution in [0.2, 0.25) is 5.82 Å². The van der Waals surface area contributed by atoms with E-state index < -0.39 is 5.79 Å². The van der Waals surface area contributed by atoms with Gasteiger partial charge in [0.1, 0.15) is 11.3 Å². The summed E-state index contributed by atoms with van der Waals surface area (Å²) in [7, 11) is -0.181. The van der Waals surface area contributed by atoms with Crippen LogP contribution in [0.3, 0.4) is 0 Å². The minimum absolute atomic E-state index is 0.181. The van der Waals surface area contributed by atoms with Gasteiger partial charge in [-0.15, -0.1) is 11.8 Å². The lowest BCUT2D eigenvalue weighted by Gasteiger charge is -2.64. The Labute approximate surface area is 219 Å². The molecule has 0 spiro atoms. The van der Waals surface area contributed by atoms with E-state index in [4.69, 9.17) is 18.8 Å². The Bertz CT molecular complexity index is 1120. The lowest BCUT2D eigenvalue weighted by molar-refractivity contribution is -0.199. The highest BCUT2D eigenvalue weighted by Crippen LogP contribution is 2.68. The van der Waals surface area contributed by atoms with Crippen LogP contribution in [0.25, 0.3) is 0 Å². The first-order valence-corrected chi connectivity index (χ1v) is 14.7. The topological polar surface area (TPSA) is 66.0 Å². The fourth-order valence-electron chi connectivity index (χ4n) is 7.71. The monoisotopic (exact) mass is 511 g/mol. The number of benzene rings is 1. The van der Waals surface area contributed by atoms with Crippen LogP contribution >= 0.6 is 11.8 Å². The molecule has 4 aliphatic carbocycles. The average Bonchev–Trinajstić information content (AvgIpc) is 3.44. The number of rotatable bonds is 5. The molecule has 1 aromatic carbocycles. The first-order chi connectivity index (χ1) is 17.0. The molecule has 0 radical (unpaired) electrons. The standard InChI is InChI=1S/C28H38BNO5S/c1-14(15-12-30-13-15)36-20-8-7-17(24-23(20)25(31)33-27(4,5)32-24)18-11-19(18)29-34-22-10-16-9-21(26(16,2)3)28(22,6)35-29/h7-8,14-16,18-19,21-22,30H,9-13H2,1-6H3/t14-,16+,18-,19-,21+,22-,28-/m0/s1. The van der Waals surface area contributed by atoms with Crippen molar-refractivity contribution in [2.24, 2.45) is 23.2 Å². The van der Waals surface area contributed by atoms with E-state index in [-0.39, 0.29) is 30.7 Å². The number of esters is 1. The van der Waals surface area contributed by atoms with Gasteiger partial charge in [0.25, 0.3) is 0 Å². The minimum Gasteiger partial charge on any atom is -0.452 e. The second kappa shape index (κ2) is 7.68. The van der Waals surface area contributed by atoms with Gasteiger partial charge in [0.15, 0.2) is 0 Å². The number of hydrogen-bond donors (Lipinski definition) is 1. The minimum atomic E-state index is -0.981. The molecule has 0 amide bonds. The molecule has 2 bridgehead atoms. The molecule has 194 valence electrons. The molecule has 6 fully saturated rings. The molecule has 7 atom stereocenters. The van der Waals surface area contributed by atoms with E-state index in [9.17, 15) is 4.79 Å². The second-order valence-corrected chi connectivity index (χ2v) is 14.8. The summed E-state index contributed by atoms with van der Waals surface area (Å²) in [5.74, 6) is 1.93. The molecular formula is C28H38BNO5S. The Morgan fingerprint density at radius 1 is 1.08 bits per heavy atom. The highest BCUT2D eigenvalue weighted by Gasteiger charge is 2.70. The summed E-state index contributed by atoms with van der Waals surface area (Å²) in [5, 5.41) is 3.77. The summed E-state index contributed by atoms with van der Waals surface area (Å²) in [6.45, 7) is 15.0. The van der Waals surface area contributed by atoms with Crippen LogP contribution in [0.5, 0.6) is 5.75 Å². The molecule has 0 unspecified atom stereocenters. The van der Waals surface area contributed by atoms with Crippen LogP contribution in [0.15, 0.2) is 17.0 Å². The summed E-state index contributed by atoms with van der Waals surface area (Å²) >= 11 is 1.76. The fraction of sp³-hybridized carbons (Fsp3) is 0.750. The zero-order valence-electron chi connectivity index (χ0n) is 22.3. The molecule has 8 heteroatoms. The maximum atomic E-state index is 13.2. The van der Waals surface area contributed by atoms with Gasteiger partial charge in [0, 0.05) is 42.9 Å². The molecule has 6 nitrogen and oxygen atoms in total. The van der Waals surface area contributed by atoms with Crippen molar-refractivity contribution < 1.29 is 23.6 Å². The van der Waals surface area contributed by atoms with Gasteiger partial charge in [-0.05, 0) is 66.9 Å². The lowest BCUT2D eigenvalue weighted by atomic mass is 9.43. The van der Waals surface area contributed by atoms with Crippen LogP contribution in [-0.2, 0) is 14.0 Å². The van der Waals surface area contributed by atoms with E-state index in [2.05, 4.69) is 45.1 Å². The number of hydrogen-bond acceptors (Lipinski definition) is 7. The number of carbonyl (C=O) groups excluding carboxylic acids is 1. The fourth-order valence-corrected chi connectivity index (χ4v) is 8.94. The Morgan fingerprint density at radius 3 is 2.56 bits per heavy atom. The van der Waals surface area contributed by atoms with Gasteiger partial charge in [0.05, 0.1) is 11.7 Å². The van der Waals surface area contributed by atoms with E-state index in [1.165, 1.54) is 6.42 Å². The largest absolute Gasteiger partial charge is 0.461 e. The molecule has 1 aromatic rings. The maximum Gasteiger partial charge on any atom is 0.461 e. The van der Waals surface area contributed by atoms with E-state index in [1.54, 1.807) is 11.8 Å². The molecule has 2 saturated heterocycles. The molecule has 4 saturated carbocycles. The van der Waals surface area contributed by atoms with Gasteiger partial charge in [-0.2, -0.15) is 0 Å². The van der Waals surface area contributed by atoms with Gasteiger partial charge in [-0.3, -0.25) is 0 Å². The Kier molecular flexibility index (Phi) is 5.09. The van der Waals surface area contributed by atoms with E-state index >= 15 is 0 Å². The van der Waals surface area contributed by atoms with Crippen LogP contribution in [0.4, 0.5) is 0 Å². The molecular weight excluding hydrogens is 473 g/mol. The third-order valence-corrected chi connectivity index (χ3v) is 11.7. The molecule has 3 aliphatic heterocycles. The Hall–Kier alpha value is -1.22. The first kappa shape index (κ1) is 23.9. The van der Waals surface area contributed by atoms with Gasteiger partial charge >= 0.3 is 13.1 Å². The average molecular weight is 511 g/mol. The SMILES string of the molecule is C[C@H](Sc1ccc([C@@H]2C[C@@H]2B2O[C@H]3C[C@H]4C[C@H](C4(C)C)[C@]3(C)O2)c2c1C(=O)OC(C)(C)O2)C1CNC1. The third-order valence-electron chi connectivity index (χ3n) is 10.4. The van der Waals surface area contributed by atoms with Crippen molar-refractivity contribution >= 4 is 24.8 Å². The quantitative estimate of drug-likeness (QED) is 0.329. The van der Waals surface area contributed by atoms with Crippen LogP contribution in [-0.4, -0.2) is 48.9 Å². The van der Waals surface area contributed by atoms with Crippen molar-refractivity contribution in [3.05, 3.63) is 23.3 Å². The number of cyclic esters (lactones) is 1. The predicted octanol–water partition coefficient (Wildman–Crippen LogP) is 5.26. The third kappa shape index (κ3) is 3.39. The lowest BCUT2D eigenvalue weighted by Crippen LogP contribution is -2.65. The Balaban J connectivity index is 1.15. The molecule has 36 heavy (non-hydrogen) atoms. The van der Waals surface area contributed by atoms with Crippen molar-refractivity contribution in [1.82, 2.24) is 5.32 Å². The summed E-state index contributed by atoms with van der Waals surface area (Å²) in [6, 6.07) is 4.28. The highest BCUT2D eigenvalue weighted by molar-refractivity contribution is 8.00. The number of carbonyl (C=O) groups is 1. The summed E-state index contributed by atoms with van der Waals surface area (Å²) in [6.07, 6.45) is 3.55. The van der Waals surface area contributed by atoms with Gasteiger partial charge in [0.2, 0.25) is 5.79 Å². The highest BCUT2D eigenvalue weighted by atomic mass is 32.2. The molecule has 0 aromatic heterocycles. The van der Waals surface area contributed by atoms with Crippen LogP contribution < -0.4 is 10.1 Å². The smallest absolute Gasteiger partial charge is 0.452 e. The molecule has 1 N–H and O–H groups in total. The summed E-state index contributed by atoms with van der Waals surface area (Å²) in [4.78, 5) is 14.2. The molecule has 3 heterocycles. The maximum absolute atomic E-state index is 13.2. The molecule has 7 aliphatic rings. The zero-order valence-corrected chi connectivity index (χ0v) is 23.1. The normalized spacial score (nSPS) is 40.2. The zero-order chi connectivity index (χ0) is 25.2. The van der Waals surface area contributed by atoms with E-state index in [0.29, 0.717) is 39.6 Å². The van der Waals surface area contributed by atoms with Crippen molar-refractivity contribution in [2.75, 3.05) is 13.1 Å². The van der Waals surface area contributed by atoms with Crippen molar-refractivity contribution in [3.8, 4) is 5.75 Å². The number of ether oxygens (including phenoxy) is 2. The van der Waals surface area contributed by atoms with Crippen molar-refractivity contribution in [1.29, 1.82) is 0 Å². The van der Waals surface area contributed by atoms with Gasteiger partial charge < -0.3 is 24.1 Å². The van der Waals surface area contributed by atoms with Crippen LogP contribution in [0, 0.1) is 23.2 Å². The van der Waals surface area contributed by atoms with Gasteiger partial charge in [-0.1, -0.05) is 26.8 Å². The van der Waals surface area contributed by atoms with Gasteiger partial charge in [-0.25, -0.2) is 4.79 Å². The van der Waals surface area contributed by atoms with Crippen LogP contribution in [0.1, 0.15) is 82.6 Å². The van der Waals surface area contributed by atoms with Crippen molar-refractivity contribution in [3.63, 3.8) is 0 Å². The summed E-state index contributed by atoms with van der Waals surface area (Å²) < 4.78 is 25.4. The number of thioether (sulfide) groups is 1. The van der Waals surface area contributed by atoms with E-state index in [1.807, 2.05) is 13.8 Å². The summed E-state index contributed by atoms with van der Waals surface area (Å²) in [5.41, 5.74) is 1.84. The Morgan fingerprint density at radius 2 is 1.86 bits per heavy atom.